The highest BCUT2D eigenvalue weighted by atomic mass is 16.5. The van der Waals surface area contributed by atoms with Gasteiger partial charge < -0.3 is 9.64 Å². The minimum atomic E-state index is 0.0818. The third-order valence-electron chi connectivity index (χ3n) is 3.87. The third kappa shape index (κ3) is 8.86. The first-order valence-corrected chi connectivity index (χ1v) is 8.53. The van der Waals surface area contributed by atoms with Crippen molar-refractivity contribution < 1.29 is 14.3 Å². The van der Waals surface area contributed by atoms with Crippen LogP contribution < -0.4 is 0 Å². The lowest BCUT2D eigenvalue weighted by Gasteiger charge is -2.35. The van der Waals surface area contributed by atoms with Gasteiger partial charge in [-0.25, -0.2) is 0 Å². The first-order valence-electron chi connectivity index (χ1n) is 8.53. The lowest BCUT2D eigenvalue weighted by molar-refractivity contribution is -0.136. The number of nitrogens with zero attached hydrogens (tertiary/aromatic N) is 2. The molecule has 0 aromatic heterocycles. The fourth-order valence-corrected chi connectivity index (χ4v) is 2.31. The highest BCUT2D eigenvalue weighted by molar-refractivity contribution is 5.80. The van der Waals surface area contributed by atoms with Crippen LogP contribution in [-0.2, 0) is 14.3 Å². The molecule has 1 rings (SSSR count). The molecule has 0 bridgehead atoms. The number of ketones is 1. The van der Waals surface area contributed by atoms with E-state index in [-0.39, 0.29) is 23.5 Å². The second-order valence-corrected chi connectivity index (χ2v) is 6.31. The SMILES string of the molecule is C=C.CC(C)C(=O)CCOCCN1CCN(C(=O)C(C)C)CC1. The normalized spacial score (nSPS) is 15.5. The van der Waals surface area contributed by atoms with Crippen molar-refractivity contribution in [2.75, 3.05) is 45.9 Å². The van der Waals surface area contributed by atoms with Gasteiger partial charge in [-0.2, -0.15) is 0 Å². The second kappa shape index (κ2) is 12.3. The van der Waals surface area contributed by atoms with Crippen LogP contribution in [0.25, 0.3) is 0 Å². The zero-order valence-corrected chi connectivity index (χ0v) is 15.3. The van der Waals surface area contributed by atoms with Crippen LogP contribution in [0.1, 0.15) is 34.1 Å². The Morgan fingerprint density at radius 1 is 0.957 bits per heavy atom. The van der Waals surface area contributed by atoms with E-state index in [2.05, 4.69) is 18.1 Å². The van der Waals surface area contributed by atoms with Crippen molar-refractivity contribution in [2.24, 2.45) is 11.8 Å². The molecule has 0 radical (unpaired) electrons. The summed E-state index contributed by atoms with van der Waals surface area (Å²) in [4.78, 5) is 27.6. The average molecular weight is 326 g/mol. The van der Waals surface area contributed by atoms with Crippen molar-refractivity contribution in [2.45, 2.75) is 34.1 Å². The zero-order valence-electron chi connectivity index (χ0n) is 15.3. The smallest absolute Gasteiger partial charge is 0.225 e. The van der Waals surface area contributed by atoms with Gasteiger partial charge in [-0.3, -0.25) is 14.5 Å². The third-order valence-corrected chi connectivity index (χ3v) is 3.87. The van der Waals surface area contributed by atoms with Gasteiger partial charge in [0.1, 0.15) is 5.78 Å². The van der Waals surface area contributed by atoms with Gasteiger partial charge in [0.2, 0.25) is 5.91 Å². The number of piperazine rings is 1. The fourth-order valence-electron chi connectivity index (χ4n) is 2.31. The Morgan fingerprint density at radius 2 is 1.52 bits per heavy atom. The molecule has 0 N–H and O–H groups in total. The van der Waals surface area contributed by atoms with E-state index in [9.17, 15) is 9.59 Å². The quantitative estimate of drug-likeness (QED) is 0.507. The number of hydrogen-bond donors (Lipinski definition) is 0. The first-order chi connectivity index (χ1) is 10.9. The molecule has 5 nitrogen and oxygen atoms in total. The molecular weight excluding hydrogens is 292 g/mol. The molecule has 0 spiro atoms. The van der Waals surface area contributed by atoms with E-state index in [0.717, 1.165) is 32.7 Å². The Morgan fingerprint density at radius 3 is 2.00 bits per heavy atom. The van der Waals surface area contributed by atoms with Gasteiger partial charge in [0.05, 0.1) is 13.2 Å². The highest BCUT2D eigenvalue weighted by Crippen LogP contribution is 2.07. The highest BCUT2D eigenvalue weighted by Gasteiger charge is 2.22. The molecule has 0 unspecified atom stereocenters. The Kier molecular flexibility index (Phi) is 11.6. The molecule has 134 valence electrons. The predicted molar refractivity (Wildman–Crippen MR) is 94.4 cm³/mol. The number of rotatable bonds is 8. The molecule has 1 amide bonds. The number of carbonyl (C=O) groups excluding carboxylic acids is 2. The maximum Gasteiger partial charge on any atom is 0.225 e. The van der Waals surface area contributed by atoms with E-state index in [4.69, 9.17) is 4.74 Å². The van der Waals surface area contributed by atoms with Gasteiger partial charge in [0.15, 0.2) is 0 Å². The van der Waals surface area contributed by atoms with Gasteiger partial charge in [0.25, 0.3) is 0 Å². The molecule has 0 aromatic carbocycles. The molecule has 1 aliphatic heterocycles. The fraction of sp³-hybridized carbons (Fsp3) is 0.778. The van der Waals surface area contributed by atoms with Gasteiger partial charge in [-0.15, -0.1) is 13.2 Å². The van der Waals surface area contributed by atoms with Crippen LogP contribution in [0.4, 0.5) is 0 Å². The summed E-state index contributed by atoms with van der Waals surface area (Å²) in [6.07, 6.45) is 0.508. The minimum absolute atomic E-state index is 0.0818. The number of Topliss-reactive ketones (excluding diaryl/α,β-unsaturated/α-hetero) is 1. The average Bonchev–Trinajstić information content (AvgIpc) is 2.55. The van der Waals surface area contributed by atoms with Gasteiger partial charge >= 0.3 is 0 Å². The van der Waals surface area contributed by atoms with Crippen molar-refractivity contribution in [1.29, 1.82) is 0 Å². The predicted octanol–water partition coefficient (Wildman–Crippen LogP) is 2.22. The Balaban J connectivity index is 0.00000232. The van der Waals surface area contributed by atoms with Crippen LogP contribution >= 0.6 is 0 Å². The summed E-state index contributed by atoms with van der Waals surface area (Å²) in [5.74, 6) is 0.687. The van der Waals surface area contributed by atoms with Crippen LogP contribution in [0.3, 0.4) is 0 Å². The van der Waals surface area contributed by atoms with Gasteiger partial charge in [-0.1, -0.05) is 27.7 Å². The number of amides is 1. The summed E-state index contributed by atoms with van der Waals surface area (Å²) in [6, 6.07) is 0. The standard InChI is InChI=1S/C16H30N2O3.C2H4/c1-13(2)15(19)5-11-21-12-10-17-6-8-18(9-7-17)16(20)14(3)4;1-2/h13-14H,5-12H2,1-4H3;1-2H2. The van der Waals surface area contributed by atoms with E-state index in [1.54, 1.807) is 0 Å². The van der Waals surface area contributed by atoms with E-state index in [1.165, 1.54) is 0 Å². The summed E-state index contributed by atoms with van der Waals surface area (Å²) < 4.78 is 5.53. The van der Waals surface area contributed by atoms with Crippen molar-refractivity contribution in [3.63, 3.8) is 0 Å². The lowest BCUT2D eigenvalue weighted by Crippen LogP contribution is -2.50. The summed E-state index contributed by atoms with van der Waals surface area (Å²) in [5, 5.41) is 0. The Hall–Kier alpha value is -1.20. The molecule has 0 saturated carbocycles. The Bertz CT molecular complexity index is 348. The van der Waals surface area contributed by atoms with E-state index < -0.39 is 0 Å². The molecule has 23 heavy (non-hydrogen) atoms. The van der Waals surface area contributed by atoms with Crippen molar-refractivity contribution in [3.8, 4) is 0 Å². The van der Waals surface area contributed by atoms with Crippen LogP contribution in [0, 0.1) is 11.8 Å². The molecule has 0 aliphatic carbocycles. The Labute approximate surface area is 141 Å². The molecule has 0 aromatic rings. The number of ether oxygens (including phenoxy) is 1. The largest absolute Gasteiger partial charge is 0.380 e. The van der Waals surface area contributed by atoms with E-state index in [1.807, 2.05) is 32.6 Å². The topological polar surface area (TPSA) is 49.9 Å². The summed E-state index contributed by atoms with van der Waals surface area (Å²) in [7, 11) is 0. The van der Waals surface area contributed by atoms with Crippen LogP contribution in [-0.4, -0.2) is 67.4 Å². The van der Waals surface area contributed by atoms with Crippen molar-refractivity contribution in [3.05, 3.63) is 13.2 Å². The van der Waals surface area contributed by atoms with Crippen molar-refractivity contribution in [1.82, 2.24) is 9.80 Å². The van der Waals surface area contributed by atoms with Gasteiger partial charge in [-0.05, 0) is 0 Å². The molecule has 1 saturated heterocycles. The maximum absolute atomic E-state index is 11.9. The summed E-state index contributed by atoms with van der Waals surface area (Å²) >= 11 is 0. The monoisotopic (exact) mass is 326 g/mol. The second-order valence-electron chi connectivity index (χ2n) is 6.31. The lowest BCUT2D eigenvalue weighted by atomic mass is 10.1. The molecule has 1 aliphatic rings. The van der Waals surface area contributed by atoms with E-state index in [0.29, 0.717) is 19.6 Å². The molecule has 1 heterocycles. The molecular formula is C18H34N2O3. The summed E-state index contributed by atoms with van der Waals surface area (Å²) in [5.41, 5.74) is 0. The molecule has 0 atom stereocenters. The summed E-state index contributed by atoms with van der Waals surface area (Å²) in [6.45, 7) is 19.2. The van der Waals surface area contributed by atoms with Crippen LogP contribution in [0.5, 0.6) is 0 Å². The van der Waals surface area contributed by atoms with Gasteiger partial charge in [0, 0.05) is 51.0 Å². The molecule has 5 heteroatoms. The van der Waals surface area contributed by atoms with E-state index >= 15 is 0 Å². The number of hydrogen-bond acceptors (Lipinski definition) is 4. The number of carbonyl (C=O) groups is 2. The first kappa shape index (κ1) is 21.8. The zero-order chi connectivity index (χ0) is 17.8. The maximum atomic E-state index is 11.9. The minimum Gasteiger partial charge on any atom is -0.380 e. The molecule has 1 fully saturated rings. The van der Waals surface area contributed by atoms with Crippen molar-refractivity contribution >= 4 is 11.7 Å². The van der Waals surface area contributed by atoms with Crippen LogP contribution in [0.2, 0.25) is 0 Å². The van der Waals surface area contributed by atoms with Crippen LogP contribution in [0.15, 0.2) is 13.2 Å².